The second-order valence-electron chi connectivity index (χ2n) is 4.71. The van der Waals surface area contributed by atoms with Crippen molar-refractivity contribution >= 4 is 18.1 Å². The molecule has 1 aromatic rings. The van der Waals surface area contributed by atoms with E-state index in [0.717, 1.165) is 24.2 Å². The van der Waals surface area contributed by atoms with Crippen LogP contribution < -0.4 is 15.4 Å². The normalized spacial score (nSPS) is 10.4. The van der Waals surface area contributed by atoms with Crippen molar-refractivity contribution in [2.75, 3.05) is 13.7 Å². The van der Waals surface area contributed by atoms with Crippen LogP contribution in [0.4, 0.5) is 4.79 Å². The van der Waals surface area contributed by atoms with Crippen LogP contribution in [0.1, 0.15) is 31.2 Å². The highest BCUT2D eigenvalue weighted by Gasteiger charge is 1.98. The number of carbonyl (C=O) groups excluding carboxylic acids is 1. The van der Waals surface area contributed by atoms with Crippen molar-refractivity contribution in [1.29, 1.82) is 0 Å². The number of hydrogen-bond acceptors (Lipinski definition) is 3. The number of methoxy groups -OCH3 is 1. The number of unbranched alkanes of at least 4 members (excludes halogenated alkanes) is 2. The molecule has 0 aliphatic rings. The van der Waals surface area contributed by atoms with Gasteiger partial charge in [0.25, 0.3) is 0 Å². The van der Waals surface area contributed by atoms with Crippen LogP contribution >= 0.6 is 0 Å². The number of aliphatic carboxylic acids is 1. The van der Waals surface area contributed by atoms with Gasteiger partial charge in [0.2, 0.25) is 0 Å². The predicted molar refractivity (Wildman–Crippen MR) is 84.7 cm³/mol. The Labute approximate surface area is 130 Å². The molecule has 6 heteroatoms. The summed E-state index contributed by atoms with van der Waals surface area (Å²) in [5.41, 5.74) is 0.924. The molecular formula is C16H22N2O4. The Morgan fingerprint density at radius 2 is 2.09 bits per heavy atom. The summed E-state index contributed by atoms with van der Waals surface area (Å²) in [7, 11) is 1.60. The molecular weight excluding hydrogens is 284 g/mol. The Morgan fingerprint density at radius 1 is 1.27 bits per heavy atom. The minimum atomic E-state index is -0.784. The van der Waals surface area contributed by atoms with Crippen molar-refractivity contribution in [2.45, 2.75) is 25.7 Å². The van der Waals surface area contributed by atoms with E-state index in [0.29, 0.717) is 13.0 Å². The Bertz CT molecular complexity index is 515. The van der Waals surface area contributed by atoms with Crippen LogP contribution in [0.3, 0.4) is 0 Å². The molecule has 0 radical (unpaired) electrons. The first kappa shape index (κ1) is 17.6. The molecule has 1 aromatic carbocycles. The summed E-state index contributed by atoms with van der Waals surface area (Å²) in [6, 6.07) is 7.20. The first-order chi connectivity index (χ1) is 10.6. The average Bonchev–Trinajstić information content (AvgIpc) is 2.50. The minimum absolute atomic E-state index is 0.176. The Hall–Kier alpha value is -2.50. The van der Waals surface area contributed by atoms with Crippen molar-refractivity contribution in [3.8, 4) is 5.75 Å². The van der Waals surface area contributed by atoms with E-state index in [1.54, 1.807) is 19.4 Å². The van der Waals surface area contributed by atoms with Gasteiger partial charge in [-0.3, -0.25) is 4.79 Å². The van der Waals surface area contributed by atoms with Gasteiger partial charge >= 0.3 is 12.0 Å². The van der Waals surface area contributed by atoms with Gasteiger partial charge in [0.1, 0.15) is 5.75 Å². The lowest BCUT2D eigenvalue weighted by atomic mass is 10.2. The molecule has 0 fully saturated rings. The number of urea groups is 1. The molecule has 6 nitrogen and oxygen atoms in total. The molecule has 22 heavy (non-hydrogen) atoms. The van der Waals surface area contributed by atoms with Crippen molar-refractivity contribution in [2.24, 2.45) is 0 Å². The maximum atomic E-state index is 11.5. The third-order valence-electron chi connectivity index (χ3n) is 2.94. The highest BCUT2D eigenvalue weighted by atomic mass is 16.5. The van der Waals surface area contributed by atoms with Gasteiger partial charge in [-0.1, -0.05) is 18.6 Å². The van der Waals surface area contributed by atoms with Crippen LogP contribution in [0.15, 0.2) is 30.5 Å². The molecule has 0 heterocycles. The van der Waals surface area contributed by atoms with E-state index < -0.39 is 5.97 Å². The zero-order valence-electron chi connectivity index (χ0n) is 12.7. The highest BCUT2D eigenvalue weighted by Crippen LogP contribution is 2.13. The number of carbonyl (C=O) groups is 2. The van der Waals surface area contributed by atoms with Crippen molar-refractivity contribution < 1.29 is 19.4 Å². The molecule has 0 atom stereocenters. The van der Waals surface area contributed by atoms with E-state index in [-0.39, 0.29) is 12.5 Å². The minimum Gasteiger partial charge on any atom is -0.497 e. The second kappa shape index (κ2) is 10.3. The summed E-state index contributed by atoms with van der Waals surface area (Å²) in [6.45, 7) is 0.526. The van der Waals surface area contributed by atoms with Crippen LogP contribution in [-0.2, 0) is 4.79 Å². The average molecular weight is 306 g/mol. The lowest BCUT2D eigenvalue weighted by molar-refractivity contribution is -0.137. The quantitative estimate of drug-likeness (QED) is 0.612. The van der Waals surface area contributed by atoms with E-state index >= 15 is 0 Å². The molecule has 0 aliphatic heterocycles. The van der Waals surface area contributed by atoms with Gasteiger partial charge in [-0.25, -0.2) is 4.79 Å². The van der Waals surface area contributed by atoms with E-state index in [9.17, 15) is 9.59 Å². The molecule has 0 spiro atoms. The third-order valence-corrected chi connectivity index (χ3v) is 2.94. The topological polar surface area (TPSA) is 87.7 Å². The maximum Gasteiger partial charge on any atom is 0.318 e. The third kappa shape index (κ3) is 7.94. The number of rotatable bonds is 9. The molecule has 1 rings (SSSR count). The van der Waals surface area contributed by atoms with Crippen molar-refractivity contribution in [1.82, 2.24) is 10.6 Å². The number of carboxylic acid groups (broad SMARTS) is 1. The monoisotopic (exact) mass is 306 g/mol. The van der Waals surface area contributed by atoms with Crippen LogP contribution in [0.25, 0.3) is 6.08 Å². The molecule has 0 aliphatic carbocycles. The lowest BCUT2D eigenvalue weighted by Crippen LogP contribution is -2.32. The molecule has 0 saturated heterocycles. The van der Waals surface area contributed by atoms with E-state index in [1.807, 2.05) is 24.3 Å². The first-order valence-electron chi connectivity index (χ1n) is 7.18. The molecule has 0 saturated carbocycles. The van der Waals surface area contributed by atoms with Crippen LogP contribution in [0, 0.1) is 0 Å². The number of benzene rings is 1. The molecule has 0 aromatic heterocycles. The van der Waals surface area contributed by atoms with Gasteiger partial charge in [-0.05, 0) is 36.6 Å². The zero-order valence-corrected chi connectivity index (χ0v) is 12.7. The number of nitrogens with one attached hydrogen (secondary N) is 2. The lowest BCUT2D eigenvalue weighted by Gasteiger charge is -2.04. The molecule has 0 unspecified atom stereocenters. The molecule has 2 amide bonds. The first-order valence-corrected chi connectivity index (χ1v) is 7.18. The van der Waals surface area contributed by atoms with E-state index in [4.69, 9.17) is 9.84 Å². The van der Waals surface area contributed by atoms with E-state index in [2.05, 4.69) is 10.6 Å². The number of hydrogen-bond donors (Lipinski definition) is 3. The number of ether oxygens (including phenoxy) is 1. The second-order valence-corrected chi connectivity index (χ2v) is 4.71. The highest BCUT2D eigenvalue weighted by molar-refractivity contribution is 5.75. The van der Waals surface area contributed by atoms with Gasteiger partial charge in [-0.2, -0.15) is 0 Å². The van der Waals surface area contributed by atoms with Crippen LogP contribution in [0.2, 0.25) is 0 Å². The van der Waals surface area contributed by atoms with Gasteiger partial charge in [0.05, 0.1) is 7.11 Å². The van der Waals surface area contributed by atoms with Crippen molar-refractivity contribution in [3.63, 3.8) is 0 Å². The summed E-state index contributed by atoms with van der Waals surface area (Å²) in [6.07, 6.45) is 5.69. The summed E-state index contributed by atoms with van der Waals surface area (Å²) >= 11 is 0. The predicted octanol–water partition coefficient (Wildman–Crippen LogP) is 2.61. The van der Waals surface area contributed by atoms with Gasteiger partial charge in [0, 0.05) is 19.2 Å². The zero-order chi connectivity index (χ0) is 16.2. The fourth-order valence-electron chi connectivity index (χ4n) is 1.79. The molecule has 3 N–H and O–H groups in total. The molecule has 120 valence electrons. The Kier molecular flexibility index (Phi) is 8.18. The van der Waals surface area contributed by atoms with Crippen LogP contribution in [0.5, 0.6) is 5.75 Å². The maximum absolute atomic E-state index is 11.5. The summed E-state index contributed by atoms with van der Waals surface area (Å²) in [5.74, 6) is -0.0265. The largest absolute Gasteiger partial charge is 0.497 e. The number of amides is 2. The van der Waals surface area contributed by atoms with Crippen molar-refractivity contribution in [3.05, 3.63) is 36.0 Å². The number of carboxylic acids is 1. The summed E-state index contributed by atoms with van der Waals surface area (Å²) in [5, 5.41) is 13.8. The van der Waals surface area contributed by atoms with E-state index in [1.165, 1.54) is 0 Å². The SMILES string of the molecule is COc1cccc(/C=C/NC(=O)NCCCCCC(=O)O)c1. The standard InChI is InChI=1S/C16H22N2O4/c1-22-14-7-5-6-13(12-14)9-11-18-16(21)17-10-4-2-3-8-15(19)20/h5-7,9,11-12H,2-4,8,10H2,1H3,(H,19,20)(H2,17,18,21)/b11-9+. The van der Waals surface area contributed by atoms with Gasteiger partial charge < -0.3 is 20.5 Å². The van der Waals surface area contributed by atoms with Gasteiger partial charge in [-0.15, -0.1) is 0 Å². The van der Waals surface area contributed by atoms with Gasteiger partial charge in [0.15, 0.2) is 0 Å². The fraction of sp³-hybridized carbons (Fsp3) is 0.375. The Balaban J connectivity index is 2.17. The fourth-order valence-corrected chi connectivity index (χ4v) is 1.79. The Morgan fingerprint density at radius 3 is 2.82 bits per heavy atom. The summed E-state index contributed by atoms with van der Waals surface area (Å²) in [4.78, 5) is 21.8. The smallest absolute Gasteiger partial charge is 0.318 e. The summed E-state index contributed by atoms with van der Waals surface area (Å²) < 4.78 is 5.11. The van der Waals surface area contributed by atoms with Crippen LogP contribution in [-0.4, -0.2) is 30.8 Å². The molecule has 0 bridgehead atoms.